The highest BCUT2D eigenvalue weighted by molar-refractivity contribution is 5.51. The Kier molecular flexibility index (Phi) is 4.34. The summed E-state index contributed by atoms with van der Waals surface area (Å²) in [6.07, 6.45) is 0.146. The minimum Gasteiger partial charge on any atom is -0.382 e. The first-order valence-corrected chi connectivity index (χ1v) is 6.24. The van der Waals surface area contributed by atoms with Crippen molar-refractivity contribution in [3.05, 3.63) is 34.4 Å². The second-order valence-electron chi connectivity index (χ2n) is 4.70. The summed E-state index contributed by atoms with van der Waals surface area (Å²) < 4.78 is 10.9. The van der Waals surface area contributed by atoms with Gasteiger partial charge in [0.2, 0.25) is 0 Å². The minimum atomic E-state index is -0.389. The first-order valence-electron chi connectivity index (χ1n) is 6.24. The van der Waals surface area contributed by atoms with Crippen molar-refractivity contribution in [2.75, 3.05) is 31.7 Å². The Hall–Kier alpha value is -1.66. The van der Waals surface area contributed by atoms with Crippen LogP contribution < -0.4 is 4.90 Å². The van der Waals surface area contributed by atoms with Crippen LogP contribution in [-0.2, 0) is 9.47 Å². The third-order valence-corrected chi connectivity index (χ3v) is 3.10. The van der Waals surface area contributed by atoms with Crippen LogP contribution in [0.5, 0.6) is 0 Å². The van der Waals surface area contributed by atoms with Gasteiger partial charge in [0.25, 0.3) is 5.69 Å². The summed E-state index contributed by atoms with van der Waals surface area (Å²) in [5.74, 6) is 0. The highest BCUT2D eigenvalue weighted by atomic mass is 16.6. The summed E-state index contributed by atoms with van der Waals surface area (Å²) in [7, 11) is 1.65. The van der Waals surface area contributed by atoms with Crippen LogP contribution in [0.15, 0.2) is 24.3 Å². The number of rotatable bonds is 4. The van der Waals surface area contributed by atoms with Gasteiger partial charge >= 0.3 is 0 Å². The Morgan fingerprint density at radius 1 is 1.42 bits per heavy atom. The first kappa shape index (κ1) is 13.8. The summed E-state index contributed by atoms with van der Waals surface area (Å²) >= 11 is 0. The Morgan fingerprint density at radius 3 is 2.68 bits per heavy atom. The molecule has 0 saturated carbocycles. The lowest BCUT2D eigenvalue weighted by Gasteiger charge is -2.37. The molecule has 6 nitrogen and oxygen atoms in total. The van der Waals surface area contributed by atoms with Gasteiger partial charge in [-0.25, -0.2) is 0 Å². The normalized spacial score (nSPS) is 23.4. The molecule has 0 spiro atoms. The van der Waals surface area contributed by atoms with Crippen molar-refractivity contribution in [2.45, 2.75) is 19.1 Å². The van der Waals surface area contributed by atoms with E-state index in [4.69, 9.17) is 9.47 Å². The third kappa shape index (κ3) is 3.42. The van der Waals surface area contributed by atoms with Gasteiger partial charge in [0.05, 0.1) is 23.7 Å². The van der Waals surface area contributed by atoms with Gasteiger partial charge in [0.1, 0.15) is 0 Å². The SMILES string of the molecule is COCC1CN(c2ccc([N+](=O)[O-])cc2)CC(C)O1. The number of nitro groups is 1. The van der Waals surface area contributed by atoms with Crippen LogP contribution in [0.3, 0.4) is 0 Å². The maximum absolute atomic E-state index is 10.6. The number of methoxy groups -OCH3 is 1. The standard InChI is InChI=1S/C13H18N2O4/c1-10-7-14(8-13(19-10)9-18-2)11-3-5-12(6-4-11)15(16)17/h3-6,10,13H,7-9H2,1-2H3. The number of hydrogen-bond donors (Lipinski definition) is 0. The van der Waals surface area contributed by atoms with Crippen LogP contribution in [0.4, 0.5) is 11.4 Å². The highest BCUT2D eigenvalue weighted by Gasteiger charge is 2.25. The van der Waals surface area contributed by atoms with Gasteiger partial charge in [0, 0.05) is 38.0 Å². The van der Waals surface area contributed by atoms with Crippen LogP contribution in [0, 0.1) is 10.1 Å². The molecule has 19 heavy (non-hydrogen) atoms. The predicted molar refractivity (Wildman–Crippen MR) is 71.5 cm³/mol. The topological polar surface area (TPSA) is 64.8 Å². The van der Waals surface area contributed by atoms with Gasteiger partial charge in [-0.15, -0.1) is 0 Å². The summed E-state index contributed by atoms with van der Waals surface area (Å²) in [5, 5.41) is 10.6. The maximum Gasteiger partial charge on any atom is 0.269 e. The van der Waals surface area contributed by atoms with Crippen LogP contribution in [0.2, 0.25) is 0 Å². The fraction of sp³-hybridized carbons (Fsp3) is 0.538. The van der Waals surface area contributed by atoms with Crippen LogP contribution in [0.1, 0.15) is 6.92 Å². The molecule has 2 rings (SSSR count). The molecule has 0 aliphatic carbocycles. The lowest BCUT2D eigenvalue weighted by Crippen LogP contribution is -2.48. The average Bonchev–Trinajstić information content (AvgIpc) is 2.38. The van der Waals surface area contributed by atoms with Crippen molar-refractivity contribution in [2.24, 2.45) is 0 Å². The summed E-state index contributed by atoms with van der Waals surface area (Å²) in [5.41, 5.74) is 1.08. The number of benzene rings is 1. The number of ether oxygens (including phenoxy) is 2. The van der Waals surface area contributed by atoms with Gasteiger partial charge in [-0.05, 0) is 19.1 Å². The number of hydrogen-bond acceptors (Lipinski definition) is 5. The number of nitrogens with zero attached hydrogens (tertiary/aromatic N) is 2. The molecule has 2 unspecified atom stereocenters. The third-order valence-electron chi connectivity index (χ3n) is 3.10. The maximum atomic E-state index is 10.6. The fourth-order valence-corrected chi connectivity index (χ4v) is 2.32. The van der Waals surface area contributed by atoms with Crippen LogP contribution >= 0.6 is 0 Å². The quantitative estimate of drug-likeness (QED) is 0.614. The van der Waals surface area contributed by atoms with Gasteiger partial charge in [-0.2, -0.15) is 0 Å². The van der Waals surface area contributed by atoms with Crippen LogP contribution in [-0.4, -0.2) is 43.9 Å². The van der Waals surface area contributed by atoms with Gasteiger partial charge in [0.15, 0.2) is 0 Å². The zero-order chi connectivity index (χ0) is 13.8. The highest BCUT2D eigenvalue weighted by Crippen LogP contribution is 2.23. The molecule has 1 aromatic rings. The molecule has 1 aromatic carbocycles. The first-order chi connectivity index (χ1) is 9.10. The zero-order valence-electron chi connectivity index (χ0n) is 11.1. The van der Waals surface area contributed by atoms with E-state index in [0.717, 1.165) is 18.8 Å². The van der Waals surface area contributed by atoms with Crippen molar-refractivity contribution < 1.29 is 14.4 Å². The molecule has 0 bridgehead atoms. The van der Waals surface area contributed by atoms with E-state index in [1.54, 1.807) is 19.2 Å². The van der Waals surface area contributed by atoms with Crippen molar-refractivity contribution in [1.82, 2.24) is 0 Å². The van der Waals surface area contributed by atoms with Crippen molar-refractivity contribution in [3.63, 3.8) is 0 Å². The molecule has 104 valence electrons. The van der Waals surface area contributed by atoms with E-state index >= 15 is 0 Å². The lowest BCUT2D eigenvalue weighted by molar-refractivity contribution is -0.384. The van der Waals surface area contributed by atoms with Crippen molar-refractivity contribution in [1.29, 1.82) is 0 Å². The second kappa shape index (κ2) is 5.99. The molecule has 6 heteroatoms. The summed E-state index contributed by atoms with van der Waals surface area (Å²) in [6.45, 7) is 4.07. The average molecular weight is 266 g/mol. The van der Waals surface area contributed by atoms with Gasteiger partial charge in [-0.1, -0.05) is 0 Å². The Balaban J connectivity index is 2.09. The van der Waals surface area contributed by atoms with E-state index < -0.39 is 0 Å². The number of nitro benzene ring substituents is 1. The van der Waals surface area contributed by atoms with Gasteiger partial charge in [-0.3, -0.25) is 10.1 Å². The largest absolute Gasteiger partial charge is 0.382 e. The van der Waals surface area contributed by atoms with Gasteiger partial charge < -0.3 is 14.4 Å². The molecule has 2 atom stereocenters. The van der Waals surface area contributed by atoms with E-state index in [2.05, 4.69) is 4.90 Å². The second-order valence-corrected chi connectivity index (χ2v) is 4.70. The molecule has 1 aliphatic heterocycles. The van der Waals surface area contributed by atoms with Crippen LogP contribution in [0.25, 0.3) is 0 Å². The Morgan fingerprint density at radius 2 is 2.11 bits per heavy atom. The van der Waals surface area contributed by atoms with E-state index in [9.17, 15) is 10.1 Å². The van der Waals surface area contributed by atoms with Crippen molar-refractivity contribution in [3.8, 4) is 0 Å². The Bertz CT molecular complexity index is 435. The number of anilines is 1. The predicted octanol–water partition coefficient (Wildman–Crippen LogP) is 1.83. The molecular formula is C13H18N2O4. The van der Waals surface area contributed by atoms with E-state index in [0.29, 0.717) is 6.61 Å². The fourth-order valence-electron chi connectivity index (χ4n) is 2.32. The molecule has 0 aromatic heterocycles. The molecule has 1 saturated heterocycles. The Labute approximate surface area is 112 Å². The minimum absolute atomic E-state index is 0.0314. The van der Waals surface area contributed by atoms with Crippen molar-refractivity contribution >= 4 is 11.4 Å². The number of non-ortho nitro benzene ring substituents is 1. The molecule has 0 amide bonds. The van der Waals surface area contributed by atoms with E-state index in [-0.39, 0.29) is 22.8 Å². The smallest absolute Gasteiger partial charge is 0.269 e. The monoisotopic (exact) mass is 266 g/mol. The number of morpholine rings is 1. The molecular weight excluding hydrogens is 248 g/mol. The zero-order valence-corrected chi connectivity index (χ0v) is 11.1. The van der Waals surface area contributed by atoms with E-state index in [1.807, 2.05) is 6.92 Å². The molecule has 1 fully saturated rings. The lowest BCUT2D eigenvalue weighted by atomic mass is 10.2. The van der Waals surface area contributed by atoms with E-state index in [1.165, 1.54) is 12.1 Å². The summed E-state index contributed by atoms with van der Waals surface area (Å²) in [6, 6.07) is 6.61. The molecule has 1 aliphatic rings. The molecule has 0 radical (unpaired) electrons. The summed E-state index contributed by atoms with van der Waals surface area (Å²) in [4.78, 5) is 12.4. The molecule has 1 heterocycles. The molecule has 0 N–H and O–H groups in total.